The lowest BCUT2D eigenvalue weighted by atomic mass is 10.4. The zero-order chi connectivity index (χ0) is 9.99. The number of amides is 1. The van der Waals surface area contributed by atoms with Gasteiger partial charge in [0, 0.05) is 0 Å². The maximum absolute atomic E-state index is 11.3. The van der Waals surface area contributed by atoms with Gasteiger partial charge < -0.3 is 0 Å². The molecule has 0 heterocycles. The summed E-state index contributed by atoms with van der Waals surface area (Å²) in [6.07, 6.45) is -6.75. The Bertz CT molecular complexity index is 268. The second-order valence-corrected chi connectivity index (χ2v) is 2.95. The summed E-state index contributed by atoms with van der Waals surface area (Å²) in [5.41, 5.74) is 0. The minimum atomic E-state index is -4.90. The molecule has 9 heteroatoms. The van der Waals surface area contributed by atoms with E-state index in [9.17, 15) is 26.4 Å². The van der Waals surface area contributed by atoms with Crippen molar-refractivity contribution in [1.29, 1.82) is 0 Å². The molecule has 0 bridgehead atoms. The molecular formula is C3H4F3NO4S. The van der Waals surface area contributed by atoms with Crippen LogP contribution in [0.3, 0.4) is 0 Å². The van der Waals surface area contributed by atoms with E-state index in [-0.39, 0.29) is 0 Å². The van der Waals surface area contributed by atoms with E-state index in [1.54, 1.807) is 0 Å². The second-order valence-electron chi connectivity index (χ2n) is 1.79. The SMILES string of the molecule is O=C(CC(F)(F)F)NS(=O)(=O)O. The summed E-state index contributed by atoms with van der Waals surface area (Å²) < 4.78 is 62.2. The monoisotopic (exact) mass is 207 g/mol. The van der Waals surface area contributed by atoms with Crippen molar-refractivity contribution in [3.63, 3.8) is 0 Å². The zero-order valence-electron chi connectivity index (χ0n) is 5.42. The van der Waals surface area contributed by atoms with Crippen LogP contribution in [0, 0.1) is 0 Å². The average molecular weight is 207 g/mol. The molecule has 1 amide bonds. The van der Waals surface area contributed by atoms with Crippen molar-refractivity contribution in [2.24, 2.45) is 0 Å². The van der Waals surface area contributed by atoms with Gasteiger partial charge in [-0.25, -0.2) is 4.72 Å². The zero-order valence-corrected chi connectivity index (χ0v) is 6.24. The van der Waals surface area contributed by atoms with Crippen LogP contribution in [0.4, 0.5) is 13.2 Å². The molecule has 72 valence electrons. The Labute approximate surface area is 65.4 Å². The summed E-state index contributed by atoms with van der Waals surface area (Å²) in [7, 11) is -4.90. The van der Waals surface area contributed by atoms with E-state index in [1.165, 1.54) is 0 Å². The van der Waals surface area contributed by atoms with Crippen LogP contribution < -0.4 is 4.72 Å². The Balaban J connectivity index is 4.10. The summed E-state index contributed by atoms with van der Waals surface area (Å²) >= 11 is 0. The van der Waals surface area contributed by atoms with Crippen molar-refractivity contribution in [3.8, 4) is 0 Å². The van der Waals surface area contributed by atoms with Crippen molar-refractivity contribution in [3.05, 3.63) is 0 Å². The van der Waals surface area contributed by atoms with Crippen molar-refractivity contribution >= 4 is 16.2 Å². The fraction of sp³-hybridized carbons (Fsp3) is 0.667. The molecule has 0 aromatic heterocycles. The molecule has 0 unspecified atom stereocenters. The van der Waals surface area contributed by atoms with Crippen LogP contribution in [0.1, 0.15) is 6.42 Å². The number of carbonyl (C=O) groups excluding carboxylic acids is 1. The maximum Gasteiger partial charge on any atom is 0.397 e. The minimum absolute atomic E-state index is 0.745. The number of carbonyl (C=O) groups is 1. The normalized spacial score (nSPS) is 12.7. The van der Waals surface area contributed by atoms with E-state index in [0.29, 0.717) is 0 Å². The van der Waals surface area contributed by atoms with Gasteiger partial charge in [-0.15, -0.1) is 0 Å². The van der Waals surface area contributed by atoms with E-state index in [1.807, 2.05) is 0 Å². The van der Waals surface area contributed by atoms with E-state index in [0.717, 1.165) is 4.72 Å². The first kappa shape index (κ1) is 11.2. The van der Waals surface area contributed by atoms with Crippen LogP contribution in [-0.4, -0.2) is 25.1 Å². The third kappa shape index (κ3) is 7.28. The summed E-state index contributed by atoms with van der Waals surface area (Å²) in [6, 6.07) is 0. The van der Waals surface area contributed by atoms with Crippen molar-refractivity contribution in [1.82, 2.24) is 4.72 Å². The molecule has 0 saturated heterocycles. The number of halogens is 3. The van der Waals surface area contributed by atoms with Crippen LogP contribution in [0.5, 0.6) is 0 Å². The number of rotatable bonds is 2. The fourth-order valence-corrected chi connectivity index (χ4v) is 0.722. The molecule has 5 nitrogen and oxygen atoms in total. The molecule has 12 heavy (non-hydrogen) atoms. The van der Waals surface area contributed by atoms with Gasteiger partial charge in [0.2, 0.25) is 5.91 Å². The molecule has 2 N–H and O–H groups in total. The van der Waals surface area contributed by atoms with Gasteiger partial charge in [0.25, 0.3) is 0 Å². The third-order valence-corrected chi connectivity index (χ3v) is 1.09. The first-order valence-electron chi connectivity index (χ1n) is 2.45. The lowest BCUT2D eigenvalue weighted by molar-refractivity contribution is -0.152. The molecule has 0 aliphatic carbocycles. The molecular weight excluding hydrogens is 203 g/mol. The van der Waals surface area contributed by atoms with E-state index in [4.69, 9.17) is 4.55 Å². The van der Waals surface area contributed by atoms with Gasteiger partial charge in [-0.3, -0.25) is 9.35 Å². The van der Waals surface area contributed by atoms with E-state index >= 15 is 0 Å². The Hall–Kier alpha value is -0.830. The molecule has 0 saturated carbocycles. The molecule has 0 aliphatic rings. The van der Waals surface area contributed by atoms with Gasteiger partial charge in [0.15, 0.2) is 0 Å². The van der Waals surface area contributed by atoms with Crippen molar-refractivity contribution < 1.29 is 30.9 Å². The minimum Gasteiger partial charge on any atom is -0.274 e. The maximum atomic E-state index is 11.3. The lowest BCUT2D eigenvalue weighted by Crippen LogP contribution is -2.33. The van der Waals surface area contributed by atoms with E-state index < -0.39 is 28.8 Å². The number of alkyl halides is 3. The van der Waals surface area contributed by atoms with Crippen molar-refractivity contribution in [2.75, 3.05) is 0 Å². The highest BCUT2D eigenvalue weighted by atomic mass is 32.2. The number of hydrogen-bond donors (Lipinski definition) is 2. The third-order valence-electron chi connectivity index (χ3n) is 0.604. The van der Waals surface area contributed by atoms with Crippen LogP contribution in [0.25, 0.3) is 0 Å². The Morgan fingerprint density at radius 3 is 2.08 bits per heavy atom. The molecule has 0 spiro atoms. The molecule has 0 rings (SSSR count). The largest absolute Gasteiger partial charge is 0.397 e. The molecule has 0 atom stereocenters. The van der Waals surface area contributed by atoms with Crippen LogP contribution in [-0.2, 0) is 15.1 Å². The van der Waals surface area contributed by atoms with Crippen LogP contribution in [0.15, 0.2) is 0 Å². The predicted octanol–water partition coefficient (Wildman–Crippen LogP) is -0.142. The molecule has 0 fully saturated rings. The quantitative estimate of drug-likeness (QED) is 0.617. The highest BCUT2D eigenvalue weighted by Gasteiger charge is 2.32. The molecule has 0 aromatic rings. The summed E-state index contributed by atoms with van der Waals surface area (Å²) in [5.74, 6) is -1.83. The second kappa shape index (κ2) is 3.27. The predicted molar refractivity (Wildman–Crippen MR) is 30.4 cm³/mol. The Morgan fingerprint density at radius 1 is 1.42 bits per heavy atom. The molecule has 0 aromatic carbocycles. The standard InChI is InChI=1S/C3H4F3NO4S/c4-3(5,6)1-2(8)7-12(9,10)11/h1H2,(H,7,8)(H,9,10,11). The van der Waals surface area contributed by atoms with Gasteiger partial charge in [0.1, 0.15) is 6.42 Å². The average Bonchev–Trinajstić information content (AvgIpc) is 1.49. The van der Waals surface area contributed by atoms with Gasteiger partial charge in [0.05, 0.1) is 0 Å². The highest BCUT2D eigenvalue weighted by molar-refractivity contribution is 7.84. The van der Waals surface area contributed by atoms with Gasteiger partial charge >= 0.3 is 16.5 Å². The van der Waals surface area contributed by atoms with Gasteiger partial charge in [-0.2, -0.15) is 21.6 Å². The smallest absolute Gasteiger partial charge is 0.274 e. The first-order valence-corrected chi connectivity index (χ1v) is 3.89. The van der Waals surface area contributed by atoms with Crippen molar-refractivity contribution in [2.45, 2.75) is 12.6 Å². The summed E-state index contributed by atoms with van der Waals surface area (Å²) in [6.45, 7) is 0. The lowest BCUT2D eigenvalue weighted by Gasteiger charge is -2.04. The topological polar surface area (TPSA) is 83.5 Å². The van der Waals surface area contributed by atoms with E-state index in [2.05, 4.69) is 0 Å². The Morgan fingerprint density at radius 2 is 1.83 bits per heavy atom. The number of hydrogen-bond acceptors (Lipinski definition) is 3. The highest BCUT2D eigenvalue weighted by Crippen LogP contribution is 2.18. The first-order chi connectivity index (χ1) is 5.10. The number of nitrogens with one attached hydrogen (secondary N) is 1. The fourth-order valence-electron chi connectivity index (χ4n) is 0.362. The molecule has 0 aliphatic heterocycles. The summed E-state index contributed by atoms with van der Waals surface area (Å²) in [5, 5.41) is 0. The van der Waals surface area contributed by atoms with Crippen LogP contribution >= 0.6 is 0 Å². The van der Waals surface area contributed by atoms with Crippen LogP contribution in [0.2, 0.25) is 0 Å². The van der Waals surface area contributed by atoms with Gasteiger partial charge in [-0.05, 0) is 0 Å². The van der Waals surface area contributed by atoms with Gasteiger partial charge in [-0.1, -0.05) is 0 Å². The molecule has 0 radical (unpaired) electrons. The Kier molecular flexibility index (Phi) is 3.04. The summed E-state index contributed by atoms with van der Waals surface area (Å²) in [4.78, 5) is 10.1.